The average Bonchev–Trinajstić information content (AvgIpc) is 3.33. The summed E-state index contributed by atoms with van der Waals surface area (Å²) in [4.78, 5) is 23.9. The molecule has 1 aromatic heterocycles. The molecule has 1 aliphatic carbocycles. The van der Waals surface area contributed by atoms with Gasteiger partial charge in [0, 0.05) is 40.2 Å². The van der Waals surface area contributed by atoms with Gasteiger partial charge in [0.15, 0.2) is 11.8 Å². The lowest BCUT2D eigenvalue weighted by Gasteiger charge is -2.30. The molecule has 0 aromatic carbocycles. The molecule has 10 heteroatoms. The standard InChI is InChI=1S/C20H35N7O2.HI/c1-5-21-19(22-14-20(10-6-7-11-20)18(28)26(2)3)23-15-8-9-17-24-16(13-29-4)25-27(17)12-15;/h15H,5-14H2,1-4H3,(H2,21,22,23);1H. The first kappa shape index (κ1) is 24.8. The van der Waals surface area contributed by atoms with E-state index in [2.05, 4.69) is 27.6 Å². The number of nitrogens with one attached hydrogen (secondary N) is 2. The van der Waals surface area contributed by atoms with Crippen molar-refractivity contribution in [2.75, 3.05) is 34.3 Å². The van der Waals surface area contributed by atoms with Crippen LogP contribution in [0.15, 0.2) is 4.99 Å². The number of aliphatic imine (C=N–C) groups is 1. The molecular weight excluding hydrogens is 497 g/mol. The number of aryl methyl sites for hydroxylation is 1. The molecule has 2 heterocycles. The maximum absolute atomic E-state index is 12.8. The molecule has 1 atom stereocenters. The number of halogens is 1. The third-order valence-corrected chi connectivity index (χ3v) is 5.82. The summed E-state index contributed by atoms with van der Waals surface area (Å²) in [6.45, 7) is 4.54. The number of nitrogens with zero attached hydrogens (tertiary/aromatic N) is 5. The highest BCUT2D eigenvalue weighted by Gasteiger charge is 2.42. The number of ether oxygens (including phenoxy) is 1. The van der Waals surface area contributed by atoms with Gasteiger partial charge in [-0.05, 0) is 26.2 Å². The molecule has 1 aromatic rings. The van der Waals surface area contributed by atoms with Gasteiger partial charge < -0.3 is 20.3 Å². The van der Waals surface area contributed by atoms with Crippen LogP contribution in [0.3, 0.4) is 0 Å². The van der Waals surface area contributed by atoms with Crippen LogP contribution >= 0.6 is 24.0 Å². The molecule has 3 rings (SSSR count). The fourth-order valence-electron chi connectivity index (χ4n) is 4.38. The molecule has 1 fully saturated rings. The van der Waals surface area contributed by atoms with Crippen LogP contribution in [0.2, 0.25) is 0 Å². The number of amides is 1. The van der Waals surface area contributed by atoms with Crippen molar-refractivity contribution in [2.45, 2.75) is 64.6 Å². The second kappa shape index (κ2) is 11.3. The lowest BCUT2D eigenvalue weighted by atomic mass is 9.85. The Morgan fingerprint density at radius 2 is 2.10 bits per heavy atom. The Kier molecular flexibility index (Phi) is 9.32. The summed E-state index contributed by atoms with van der Waals surface area (Å²) in [5.74, 6) is 2.72. The molecule has 0 radical (unpaired) electrons. The highest BCUT2D eigenvalue weighted by molar-refractivity contribution is 14.0. The number of hydrogen-bond acceptors (Lipinski definition) is 5. The summed E-state index contributed by atoms with van der Waals surface area (Å²) in [6, 6.07) is 0.224. The Labute approximate surface area is 196 Å². The largest absolute Gasteiger partial charge is 0.377 e. The van der Waals surface area contributed by atoms with Crippen molar-refractivity contribution in [1.82, 2.24) is 30.3 Å². The Hall–Kier alpha value is -1.43. The summed E-state index contributed by atoms with van der Waals surface area (Å²) in [5.41, 5.74) is -0.355. The van der Waals surface area contributed by atoms with Crippen molar-refractivity contribution in [3.05, 3.63) is 11.6 Å². The van der Waals surface area contributed by atoms with Crippen molar-refractivity contribution in [3.8, 4) is 0 Å². The van der Waals surface area contributed by atoms with Gasteiger partial charge in [0.1, 0.15) is 12.4 Å². The van der Waals surface area contributed by atoms with Gasteiger partial charge in [-0.3, -0.25) is 9.79 Å². The van der Waals surface area contributed by atoms with E-state index in [-0.39, 0.29) is 41.3 Å². The zero-order valence-corrected chi connectivity index (χ0v) is 20.9. The molecule has 1 saturated carbocycles. The topological polar surface area (TPSA) is 96.7 Å². The van der Waals surface area contributed by atoms with Gasteiger partial charge in [-0.1, -0.05) is 12.8 Å². The molecular formula is C20H36IN7O2. The average molecular weight is 533 g/mol. The van der Waals surface area contributed by atoms with Crippen LogP contribution in [0.1, 0.15) is 50.7 Å². The number of fused-ring (bicyclic) bond motifs is 1. The van der Waals surface area contributed by atoms with Crippen molar-refractivity contribution in [1.29, 1.82) is 0 Å². The normalized spacial score (nSPS) is 20.3. The summed E-state index contributed by atoms with van der Waals surface area (Å²) >= 11 is 0. The number of hydrogen-bond donors (Lipinski definition) is 2. The molecule has 0 spiro atoms. The second-order valence-electron chi connectivity index (χ2n) is 8.32. The molecule has 1 amide bonds. The highest BCUT2D eigenvalue weighted by atomic mass is 127. The zero-order valence-electron chi connectivity index (χ0n) is 18.6. The van der Waals surface area contributed by atoms with Crippen molar-refractivity contribution < 1.29 is 9.53 Å². The summed E-state index contributed by atoms with van der Waals surface area (Å²) in [7, 11) is 5.33. The fourth-order valence-corrected chi connectivity index (χ4v) is 4.38. The maximum atomic E-state index is 12.8. The minimum atomic E-state index is -0.355. The Morgan fingerprint density at radius 3 is 2.73 bits per heavy atom. The van der Waals surface area contributed by atoms with Gasteiger partial charge in [-0.25, -0.2) is 9.67 Å². The van der Waals surface area contributed by atoms with E-state index in [0.29, 0.717) is 13.2 Å². The van der Waals surface area contributed by atoms with Gasteiger partial charge >= 0.3 is 0 Å². The first-order chi connectivity index (χ1) is 14.0. The van der Waals surface area contributed by atoms with Gasteiger partial charge in [0.2, 0.25) is 5.91 Å². The van der Waals surface area contributed by atoms with Crippen LogP contribution in [0, 0.1) is 5.41 Å². The number of carbonyl (C=O) groups is 1. The lowest BCUT2D eigenvalue weighted by molar-refractivity contribution is -0.138. The number of carbonyl (C=O) groups excluding carboxylic acids is 1. The number of methoxy groups -OCH3 is 1. The predicted octanol–water partition coefficient (Wildman–Crippen LogP) is 1.56. The molecule has 2 N–H and O–H groups in total. The summed E-state index contributed by atoms with van der Waals surface area (Å²) in [5, 5.41) is 11.4. The van der Waals surface area contributed by atoms with Crippen LogP contribution in [0.5, 0.6) is 0 Å². The number of rotatable bonds is 7. The molecule has 30 heavy (non-hydrogen) atoms. The van der Waals surface area contributed by atoms with E-state index in [0.717, 1.165) is 69.2 Å². The maximum Gasteiger partial charge on any atom is 0.230 e. The van der Waals surface area contributed by atoms with Crippen LogP contribution in [0.25, 0.3) is 0 Å². The molecule has 9 nitrogen and oxygen atoms in total. The quantitative estimate of drug-likeness (QED) is 0.314. The summed E-state index contributed by atoms with van der Waals surface area (Å²) in [6.07, 6.45) is 5.87. The third kappa shape index (κ3) is 5.83. The highest BCUT2D eigenvalue weighted by Crippen LogP contribution is 2.39. The van der Waals surface area contributed by atoms with E-state index in [9.17, 15) is 4.79 Å². The minimum absolute atomic E-state index is 0. The molecule has 0 bridgehead atoms. The van der Waals surface area contributed by atoms with Crippen molar-refractivity contribution in [3.63, 3.8) is 0 Å². The van der Waals surface area contributed by atoms with Gasteiger partial charge in [-0.2, -0.15) is 5.10 Å². The lowest BCUT2D eigenvalue weighted by Crippen LogP contribution is -2.48. The Morgan fingerprint density at radius 1 is 1.37 bits per heavy atom. The van der Waals surface area contributed by atoms with Crippen LogP contribution in [0.4, 0.5) is 0 Å². The zero-order chi connectivity index (χ0) is 20.9. The molecule has 170 valence electrons. The minimum Gasteiger partial charge on any atom is -0.377 e. The van der Waals surface area contributed by atoms with E-state index in [1.807, 2.05) is 18.8 Å². The number of guanidine groups is 1. The first-order valence-corrected chi connectivity index (χ1v) is 10.7. The third-order valence-electron chi connectivity index (χ3n) is 5.82. The van der Waals surface area contributed by atoms with Crippen molar-refractivity contribution >= 4 is 35.8 Å². The van der Waals surface area contributed by atoms with Crippen LogP contribution in [-0.2, 0) is 29.1 Å². The molecule has 1 aliphatic heterocycles. The molecule has 2 aliphatic rings. The van der Waals surface area contributed by atoms with Gasteiger partial charge in [-0.15, -0.1) is 24.0 Å². The Bertz CT molecular complexity index is 729. The van der Waals surface area contributed by atoms with E-state index in [1.54, 1.807) is 12.0 Å². The smallest absolute Gasteiger partial charge is 0.230 e. The SMILES string of the molecule is CCNC(=NCC1(C(=O)N(C)C)CCCC1)NC1CCc2nc(COC)nn2C1.I. The fraction of sp³-hybridized carbons (Fsp3) is 0.800. The second-order valence-corrected chi connectivity index (χ2v) is 8.32. The Balaban J connectivity index is 0.00000320. The molecule has 0 saturated heterocycles. The summed E-state index contributed by atoms with van der Waals surface area (Å²) < 4.78 is 7.11. The van der Waals surface area contributed by atoms with Gasteiger partial charge in [0.25, 0.3) is 0 Å². The first-order valence-electron chi connectivity index (χ1n) is 10.7. The number of aromatic nitrogens is 3. The van der Waals surface area contributed by atoms with Crippen LogP contribution in [-0.4, -0.2) is 71.9 Å². The molecule has 1 unspecified atom stereocenters. The van der Waals surface area contributed by atoms with E-state index < -0.39 is 0 Å². The monoisotopic (exact) mass is 533 g/mol. The van der Waals surface area contributed by atoms with E-state index in [4.69, 9.17) is 9.73 Å². The van der Waals surface area contributed by atoms with E-state index >= 15 is 0 Å². The van der Waals surface area contributed by atoms with Crippen LogP contribution < -0.4 is 10.6 Å². The predicted molar refractivity (Wildman–Crippen MR) is 127 cm³/mol. The van der Waals surface area contributed by atoms with Gasteiger partial charge in [0.05, 0.1) is 18.5 Å². The van der Waals surface area contributed by atoms with Crippen molar-refractivity contribution in [2.24, 2.45) is 10.4 Å². The van der Waals surface area contributed by atoms with E-state index in [1.165, 1.54) is 0 Å².